The van der Waals surface area contributed by atoms with Crippen molar-refractivity contribution in [2.24, 2.45) is 0 Å². The molecule has 0 saturated carbocycles. The molecule has 0 amide bonds. The van der Waals surface area contributed by atoms with Crippen LogP contribution in [0.25, 0.3) is 10.9 Å². The van der Waals surface area contributed by atoms with Gasteiger partial charge in [-0.25, -0.2) is 15.0 Å². The molecule has 0 atom stereocenters. The number of rotatable bonds is 3. The minimum Gasteiger partial charge on any atom is -0.363 e. The molecule has 0 radical (unpaired) electrons. The molecule has 8 heteroatoms. The van der Waals surface area contributed by atoms with Gasteiger partial charge in [0.25, 0.3) is 0 Å². The molecule has 1 saturated heterocycles. The van der Waals surface area contributed by atoms with E-state index in [1.54, 1.807) is 12.4 Å². The molecule has 0 bridgehead atoms. The Morgan fingerprint density at radius 3 is 2.46 bits per heavy atom. The minimum atomic E-state index is 0.768. The predicted octanol–water partition coefficient (Wildman–Crippen LogP) is 1.52. The van der Waals surface area contributed by atoms with Crippen LogP contribution in [0, 0.1) is 6.92 Å². The van der Waals surface area contributed by atoms with Crippen molar-refractivity contribution in [3.63, 3.8) is 0 Å². The van der Waals surface area contributed by atoms with Gasteiger partial charge in [-0.3, -0.25) is 4.98 Å². The largest absolute Gasteiger partial charge is 0.363 e. The fourth-order valence-corrected chi connectivity index (χ4v) is 3.18. The van der Waals surface area contributed by atoms with Crippen LogP contribution in [0.5, 0.6) is 0 Å². The van der Waals surface area contributed by atoms with Gasteiger partial charge in [0.05, 0.1) is 11.7 Å². The topological polar surface area (TPSA) is 74.2 Å². The Kier molecular flexibility index (Phi) is 4.24. The fourth-order valence-electron chi connectivity index (χ4n) is 3.18. The Morgan fingerprint density at radius 2 is 1.69 bits per heavy atom. The number of nitrogens with zero attached hydrogens (tertiary/aromatic N) is 8. The number of fused-ring (bicyclic) bond motifs is 1. The highest BCUT2D eigenvalue weighted by atomic mass is 15.3. The first-order valence-corrected chi connectivity index (χ1v) is 8.70. The smallest absolute Gasteiger partial charge is 0.227 e. The summed E-state index contributed by atoms with van der Waals surface area (Å²) >= 11 is 0. The lowest BCUT2D eigenvalue weighted by Gasteiger charge is -2.36. The van der Waals surface area contributed by atoms with Gasteiger partial charge in [0.15, 0.2) is 0 Å². The van der Waals surface area contributed by atoms with Crippen LogP contribution < -0.4 is 14.7 Å². The molecule has 134 valence electrons. The second kappa shape index (κ2) is 6.70. The van der Waals surface area contributed by atoms with Gasteiger partial charge in [-0.2, -0.15) is 4.98 Å². The zero-order chi connectivity index (χ0) is 18.1. The third-order valence-corrected chi connectivity index (χ3v) is 4.54. The van der Waals surface area contributed by atoms with E-state index in [9.17, 15) is 0 Å². The van der Waals surface area contributed by atoms with Crippen LogP contribution in [0.2, 0.25) is 0 Å². The monoisotopic (exact) mass is 350 g/mol. The van der Waals surface area contributed by atoms with Gasteiger partial charge in [-0.15, -0.1) is 0 Å². The van der Waals surface area contributed by atoms with Gasteiger partial charge in [-0.05, 0) is 19.1 Å². The maximum Gasteiger partial charge on any atom is 0.227 e. The van der Waals surface area contributed by atoms with Gasteiger partial charge in [0, 0.05) is 58.1 Å². The molecule has 0 spiro atoms. The van der Waals surface area contributed by atoms with Gasteiger partial charge in [-0.1, -0.05) is 0 Å². The molecule has 1 fully saturated rings. The van der Waals surface area contributed by atoms with Crippen LogP contribution in [0.3, 0.4) is 0 Å². The molecule has 1 aliphatic heterocycles. The summed E-state index contributed by atoms with van der Waals surface area (Å²) in [4.78, 5) is 29.0. The Balaban J connectivity index is 1.55. The van der Waals surface area contributed by atoms with E-state index >= 15 is 0 Å². The number of aryl methyl sites for hydroxylation is 1. The number of piperazine rings is 1. The maximum absolute atomic E-state index is 4.69. The average molecular weight is 350 g/mol. The number of pyridine rings is 1. The van der Waals surface area contributed by atoms with Crippen LogP contribution in [-0.2, 0) is 0 Å². The van der Waals surface area contributed by atoms with Crippen molar-refractivity contribution in [2.45, 2.75) is 6.92 Å². The second-order valence-electron chi connectivity index (χ2n) is 6.57. The van der Waals surface area contributed by atoms with Gasteiger partial charge >= 0.3 is 0 Å². The zero-order valence-corrected chi connectivity index (χ0v) is 15.3. The first-order chi connectivity index (χ1) is 12.6. The molecule has 4 rings (SSSR count). The number of hydrogen-bond donors (Lipinski definition) is 0. The molecule has 3 aromatic heterocycles. The van der Waals surface area contributed by atoms with E-state index < -0.39 is 0 Å². The van der Waals surface area contributed by atoms with Crippen molar-refractivity contribution in [1.82, 2.24) is 24.9 Å². The van der Waals surface area contributed by atoms with E-state index in [0.717, 1.165) is 60.5 Å². The first-order valence-electron chi connectivity index (χ1n) is 8.70. The fraction of sp³-hybridized carbons (Fsp3) is 0.389. The molecule has 3 aromatic rings. The molecule has 8 nitrogen and oxygen atoms in total. The normalized spacial score (nSPS) is 14.7. The van der Waals surface area contributed by atoms with E-state index in [-0.39, 0.29) is 0 Å². The molecule has 0 unspecified atom stereocenters. The number of aromatic nitrogens is 5. The van der Waals surface area contributed by atoms with Crippen molar-refractivity contribution in [2.75, 3.05) is 55.0 Å². The Labute approximate surface area is 152 Å². The number of anilines is 3. The van der Waals surface area contributed by atoms with Crippen LogP contribution in [-0.4, -0.2) is 65.2 Å². The number of hydrogen-bond acceptors (Lipinski definition) is 8. The lowest BCUT2D eigenvalue weighted by molar-refractivity contribution is 0.635. The lowest BCUT2D eigenvalue weighted by Crippen LogP contribution is -2.47. The highest BCUT2D eigenvalue weighted by Crippen LogP contribution is 2.25. The molecular formula is C18H22N8. The third kappa shape index (κ3) is 3.10. The summed E-state index contributed by atoms with van der Waals surface area (Å²) < 4.78 is 0. The molecule has 26 heavy (non-hydrogen) atoms. The summed E-state index contributed by atoms with van der Waals surface area (Å²) in [6, 6.07) is 3.91. The molecule has 0 aliphatic carbocycles. The molecule has 0 aromatic carbocycles. The van der Waals surface area contributed by atoms with E-state index in [0.29, 0.717) is 0 Å². The van der Waals surface area contributed by atoms with Crippen LogP contribution in [0.4, 0.5) is 17.6 Å². The quantitative estimate of drug-likeness (QED) is 0.704. The molecule has 1 aliphatic rings. The summed E-state index contributed by atoms with van der Waals surface area (Å²) in [6.07, 6.45) is 5.41. The maximum atomic E-state index is 4.69. The van der Waals surface area contributed by atoms with Crippen molar-refractivity contribution in [3.8, 4) is 0 Å². The van der Waals surface area contributed by atoms with Crippen molar-refractivity contribution < 1.29 is 0 Å². The Hall–Kier alpha value is -3.03. The zero-order valence-electron chi connectivity index (χ0n) is 15.3. The lowest BCUT2D eigenvalue weighted by atomic mass is 10.2. The highest BCUT2D eigenvalue weighted by Gasteiger charge is 2.22. The Bertz CT molecular complexity index is 918. The summed E-state index contributed by atoms with van der Waals surface area (Å²) in [5, 5.41) is 1.05. The van der Waals surface area contributed by atoms with Gasteiger partial charge in [0.1, 0.15) is 17.5 Å². The Morgan fingerprint density at radius 1 is 0.923 bits per heavy atom. The van der Waals surface area contributed by atoms with E-state index in [2.05, 4.69) is 29.7 Å². The van der Waals surface area contributed by atoms with E-state index in [1.807, 2.05) is 44.2 Å². The second-order valence-corrected chi connectivity index (χ2v) is 6.57. The van der Waals surface area contributed by atoms with Crippen molar-refractivity contribution in [1.29, 1.82) is 0 Å². The van der Waals surface area contributed by atoms with Crippen LogP contribution in [0.1, 0.15) is 5.82 Å². The standard InChI is InChI=1S/C18H22N8/c1-13-21-15-12-19-6-4-14(15)17(22-13)25-8-10-26(11-9-25)18-20-7-5-16(23-18)24(2)3/h4-7,12H,8-11H2,1-3H3. The van der Waals surface area contributed by atoms with Gasteiger partial charge in [0.2, 0.25) is 5.95 Å². The van der Waals surface area contributed by atoms with Crippen molar-refractivity contribution in [3.05, 3.63) is 36.5 Å². The first kappa shape index (κ1) is 16.4. The van der Waals surface area contributed by atoms with Crippen LogP contribution >= 0.6 is 0 Å². The molecule has 0 N–H and O–H groups in total. The minimum absolute atomic E-state index is 0.768. The highest BCUT2D eigenvalue weighted by molar-refractivity contribution is 5.88. The molecule has 4 heterocycles. The summed E-state index contributed by atoms with van der Waals surface area (Å²) in [6.45, 7) is 5.36. The SMILES string of the molecule is Cc1nc(N2CCN(c3nccc(N(C)C)n3)CC2)c2ccncc2n1. The van der Waals surface area contributed by atoms with E-state index in [1.165, 1.54) is 0 Å². The molecular weight excluding hydrogens is 328 g/mol. The summed E-state index contributed by atoms with van der Waals surface area (Å²) in [7, 11) is 3.98. The van der Waals surface area contributed by atoms with Crippen LogP contribution in [0.15, 0.2) is 30.7 Å². The summed E-state index contributed by atoms with van der Waals surface area (Å²) in [5.74, 6) is 3.45. The predicted molar refractivity (Wildman–Crippen MR) is 103 cm³/mol. The average Bonchev–Trinajstić information content (AvgIpc) is 2.67. The van der Waals surface area contributed by atoms with E-state index in [4.69, 9.17) is 4.98 Å². The summed E-state index contributed by atoms with van der Waals surface area (Å²) in [5.41, 5.74) is 0.888. The third-order valence-electron chi connectivity index (χ3n) is 4.54. The van der Waals surface area contributed by atoms with Gasteiger partial charge < -0.3 is 14.7 Å². The van der Waals surface area contributed by atoms with Crippen molar-refractivity contribution >= 4 is 28.5 Å².